The van der Waals surface area contributed by atoms with Crippen LogP contribution in [0.1, 0.15) is 39.7 Å². The smallest absolute Gasteiger partial charge is 0.287 e. The first-order valence-corrected chi connectivity index (χ1v) is 11.3. The molecular weight excluding hydrogens is 396 g/mol. The predicted octanol–water partition coefficient (Wildman–Crippen LogP) is 6.04. The van der Waals surface area contributed by atoms with Gasteiger partial charge in [-0.2, -0.15) is 0 Å². The van der Waals surface area contributed by atoms with E-state index in [2.05, 4.69) is 10.3 Å². The van der Waals surface area contributed by atoms with Crippen LogP contribution in [0.3, 0.4) is 0 Å². The largest absolute Gasteiger partial charge is 0.451 e. The zero-order chi connectivity index (χ0) is 18.8. The van der Waals surface area contributed by atoms with E-state index in [-0.39, 0.29) is 11.9 Å². The lowest BCUT2D eigenvalue weighted by Crippen LogP contribution is -2.26. The number of aryl methyl sites for hydroxylation is 1. The zero-order valence-electron chi connectivity index (χ0n) is 14.9. The van der Waals surface area contributed by atoms with Crippen molar-refractivity contribution in [3.8, 4) is 0 Å². The van der Waals surface area contributed by atoms with Gasteiger partial charge in [-0.15, -0.1) is 22.7 Å². The molecule has 1 N–H and O–H groups in total. The van der Waals surface area contributed by atoms with Crippen molar-refractivity contribution in [2.75, 3.05) is 0 Å². The number of fused-ring (bicyclic) bond motifs is 1. The number of carbonyl (C=O) groups is 1. The van der Waals surface area contributed by atoms with Gasteiger partial charge in [-0.3, -0.25) is 4.79 Å². The summed E-state index contributed by atoms with van der Waals surface area (Å²) in [5.74, 6) is 0.846. The summed E-state index contributed by atoms with van der Waals surface area (Å²) in [6, 6.07) is 11.7. The first-order chi connectivity index (χ1) is 13.1. The third-order valence-electron chi connectivity index (χ3n) is 4.16. The molecule has 1 atom stereocenters. The maximum absolute atomic E-state index is 12.9. The van der Waals surface area contributed by atoms with Crippen molar-refractivity contribution >= 4 is 51.3 Å². The van der Waals surface area contributed by atoms with Crippen LogP contribution in [0.15, 0.2) is 55.9 Å². The summed E-state index contributed by atoms with van der Waals surface area (Å²) in [5, 5.41) is 8.08. The number of thiazole rings is 1. The molecule has 0 spiro atoms. The van der Waals surface area contributed by atoms with Gasteiger partial charge in [0.15, 0.2) is 5.76 Å². The Kier molecular flexibility index (Phi) is 5.33. The zero-order valence-corrected chi connectivity index (χ0v) is 17.3. The van der Waals surface area contributed by atoms with Gasteiger partial charge >= 0.3 is 0 Å². The molecule has 7 heteroatoms. The molecule has 1 aromatic carbocycles. The van der Waals surface area contributed by atoms with E-state index < -0.39 is 0 Å². The van der Waals surface area contributed by atoms with Gasteiger partial charge in [-0.25, -0.2) is 4.98 Å². The summed E-state index contributed by atoms with van der Waals surface area (Å²) >= 11 is 4.88. The number of amides is 1. The summed E-state index contributed by atoms with van der Waals surface area (Å²) in [6.45, 7) is 3.97. The topological polar surface area (TPSA) is 55.1 Å². The van der Waals surface area contributed by atoms with Crippen LogP contribution in [0, 0.1) is 6.92 Å². The van der Waals surface area contributed by atoms with Crippen LogP contribution in [0.4, 0.5) is 0 Å². The molecule has 4 rings (SSSR count). The number of carbonyl (C=O) groups excluding carboxylic acids is 1. The van der Waals surface area contributed by atoms with E-state index in [1.807, 2.05) is 61.0 Å². The molecule has 0 saturated heterocycles. The lowest BCUT2D eigenvalue weighted by Gasteiger charge is -2.11. The van der Waals surface area contributed by atoms with Gasteiger partial charge in [0, 0.05) is 32.7 Å². The average molecular weight is 415 g/mol. The number of nitrogens with zero attached hydrogens (tertiary/aromatic N) is 1. The molecule has 138 valence electrons. The summed E-state index contributed by atoms with van der Waals surface area (Å²) in [6.07, 6.45) is 0. The van der Waals surface area contributed by atoms with Gasteiger partial charge in [0.2, 0.25) is 0 Å². The minimum absolute atomic E-state index is 0.0622. The SMILES string of the molecule is Cc1csc(SCc2c(C(=O)NC(C)c3cccs3)oc3ccccc23)n1. The van der Waals surface area contributed by atoms with E-state index in [4.69, 9.17) is 4.42 Å². The fourth-order valence-electron chi connectivity index (χ4n) is 2.83. The van der Waals surface area contributed by atoms with Gasteiger partial charge in [-0.05, 0) is 31.4 Å². The number of aromatic nitrogens is 1. The van der Waals surface area contributed by atoms with E-state index in [9.17, 15) is 4.79 Å². The highest BCUT2D eigenvalue weighted by Gasteiger charge is 2.22. The third kappa shape index (κ3) is 3.95. The number of hydrogen-bond donors (Lipinski definition) is 1. The number of thiophene rings is 1. The molecule has 4 aromatic rings. The van der Waals surface area contributed by atoms with Gasteiger partial charge in [0.25, 0.3) is 5.91 Å². The molecule has 0 aliphatic rings. The number of furan rings is 1. The molecule has 4 nitrogen and oxygen atoms in total. The standard InChI is InChI=1S/C20H18N2O2S3/c1-12-10-26-20(21-12)27-11-15-14-6-3-4-7-16(14)24-18(15)19(23)22-13(2)17-8-5-9-25-17/h3-10,13H,11H2,1-2H3,(H,22,23). The van der Waals surface area contributed by atoms with Crippen molar-refractivity contribution in [2.45, 2.75) is 30.0 Å². The number of benzene rings is 1. The van der Waals surface area contributed by atoms with Gasteiger partial charge in [-0.1, -0.05) is 36.0 Å². The van der Waals surface area contributed by atoms with Crippen LogP contribution in [-0.4, -0.2) is 10.9 Å². The Balaban J connectivity index is 1.61. The second-order valence-corrected chi connectivity index (χ2v) is 9.22. The first kappa shape index (κ1) is 18.3. The van der Waals surface area contributed by atoms with Gasteiger partial charge in [0.1, 0.15) is 9.92 Å². The van der Waals surface area contributed by atoms with E-state index in [0.717, 1.165) is 31.4 Å². The Bertz CT molecular complexity index is 1070. The highest BCUT2D eigenvalue weighted by atomic mass is 32.2. The molecule has 0 aliphatic carbocycles. The lowest BCUT2D eigenvalue weighted by molar-refractivity contribution is 0.0913. The molecule has 3 aromatic heterocycles. The Labute approximate surface area is 169 Å². The van der Waals surface area contributed by atoms with E-state index in [1.165, 1.54) is 0 Å². The van der Waals surface area contributed by atoms with Crippen molar-refractivity contribution in [1.82, 2.24) is 10.3 Å². The maximum atomic E-state index is 12.9. The number of hydrogen-bond acceptors (Lipinski definition) is 6. The lowest BCUT2D eigenvalue weighted by atomic mass is 10.1. The first-order valence-electron chi connectivity index (χ1n) is 8.51. The molecule has 0 radical (unpaired) electrons. The third-order valence-corrected chi connectivity index (χ3v) is 7.38. The number of nitrogens with one attached hydrogen (secondary N) is 1. The van der Waals surface area contributed by atoms with Crippen molar-refractivity contribution in [1.29, 1.82) is 0 Å². The molecule has 0 fully saturated rings. The highest BCUT2D eigenvalue weighted by molar-refractivity contribution is 8.00. The highest BCUT2D eigenvalue weighted by Crippen LogP contribution is 2.33. The fourth-order valence-corrected chi connectivity index (χ4v) is 5.44. The summed E-state index contributed by atoms with van der Waals surface area (Å²) in [4.78, 5) is 18.6. The van der Waals surface area contributed by atoms with Gasteiger partial charge < -0.3 is 9.73 Å². The monoisotopic (exact) mass is 414 g/mol. The van der Waals surface area contributed by atoms with E-state index in [0.29, 0.717) is 11.5 Å². The summed E-state index contributed by atoms with van der Waals surface area (Å²) in [5.41, 5.74) is 2.67. The molecular formula is C20H18N2O2S3. The molecule has 0 bridgehead atoms. The Morgan fingerprint density at radius 2 is 2.11 bits per heavy atom. The van der Waals surface area contributed by atoms with E-state index >= 15 is 0 Å². The van der Waals surface area contributed by atoms with Gasteiger partial charge in [0.05, 0.1) is 6.04 Å². The van der Waals surface area contributed by atoms with Crippen molar-refractivity contribution in [3.05, 3.63) is 69.1 Å². The Morgan fingerprint density at radius 1 is 1.26 bits per heavy atom. The predicted molar refractivity (Wildman–Crippen MR) is 113 cm³/mol. The normalized spacial score (nSPS) is 12.4. The number of rotatable bonds is 6. The molecule has 1 amide bonds. The van der Waals surface area contributed by atoms with Crippen molar-refractivity contribution in [3.63, 3.8) is 0 Å². The van der Waals surface area contributed by atoms with Crippen LogP contribution < -0.4 is 5.32 Å². The quantitative estimate of drug-likeness (QED) is 0.391. The van der Waals surface area contributed by atoms with Crippen LogP contribution >= 0.6 is 34.4 Å². The van der Waals surface area contributed by atoms with Crippen molar-refractivity contribution < 1.29 is 9.21 Å². The second kappa shape index (κ2) is 7.88. The van der Waals surface area contributed by atoms with Crippen LogP contribution in [0.25, 0.3) is 11.0 Å². The molecule has 27 heavy (non-hydrogen) atoms. The molecule has 0 aliphatic heterocycles. The van der Waals surface area contributed by atoms with Crippen LogP contribution in [-0.2, 0) is 5.75 Å². The minimum Gasteiger partial charge on any atom is -0.451 e. The molecule has 3 heterocycles. The van der Waals surface area contributed by atoms with Crippen molar-refractivity contribution in [2.24, 2.45) is 0 Å². The summed E-state index contributed by atoms with van der Waals surface area (Å²) in [7, 11) is 0. The summed E-state index contributed by atoms with van der Waals surface area (Å²) < 4.78 is 6.93. The fraction of sp³-hybridized carbons (Fsp3) is 0.200. The number of thioether (sulfide) groups is 1. The Hall–Kier alpha value is -2.09. The second-order valence-electron chi connectivity index (χ2n) is 6.16. The average Bonchev–Trinajstić information content (AvgIpc) is 3.39. The van der Waals surface area contributed by atoms with Crippen LogP contribution in [0.2, 0.25) is 0 Å². The maximum Gasteiger partial charge on any atom is 0.287 e. The molecule has 0 saturated carbocycles. The number of para-hydroxylation sites is 1. The Morgan fingerprint density at radius 3 is 2.85 bits per heavy atom. The van der Waals surface area contributed by atoms with E-state index in [1.54, 1.807) is 34.4 Å². The minimum atomic E-state index is -0.182. The molecule has 1 unspecified atom stereocenters. The van der Waals surface area contributed by atoms with Crippen LogP contribution in [0.5, 0.6) is 0 Å².